The Kier molecular flexibility index (Phi) is 27.1. The summed E-state index contributed by atoms with van der Waals surface area (Å²) in [6.45, 7) is -1.70. The van der Waals surface area contributed by atoms with E-state index in [4.69, 9.17) is 36.8 Å². The second kappa shape index (κ2) is 38.5. The van der Waals surface area contributed by atoms with Gasteiger partial charge in [0.25, 0.3) is 34.4 Å². The molecule has 3 aromatic carbocycles. The smallest absolute Gasteiger partial charge is 0.344 e. The van der Waals surface area contributed by atoms with Crippen LogP contribution in [-0.2, 0) is 43.3 Å². The average Bonchev–Trinajstić information content (AvgIpc) is 0.930. The van der Waals surface area contributed by atoms with E-state index in [0.29, 0.717) is 76.4 Å². The summed E-state index contributed by atoms with van der Waals surface area (Å²) < 4.78 is 5.57. The predicted molar refractivity (Wildman–Crippen MR) is 459 cm³/mol. The normalized spacial score (nSPS) is 30.4. The summed E-state index contributed by atoms with van der Waals surface area (Å²) in [5.74, 6) is -0.522. The largest absolute Gasteiger partial charge is 0.481 e. The Balaban J connectivity index is 0.000000136. The summed E-state index contributed by atoms with van der Waals surface area (Å²) >= 11 is 0. The molecule has 654 valence electrons. The van der Waals surface area contributed by atoms with Gasteiger partial charge in [-0.25, -0.2) is 19.7 Å². The molecule has 122 heavy (non-hydrogen) atoms. The van der Waals surface area contributed by atoms with E-state index in [0.717, 1.165) is 124 Å². The molecule has 18 rings (SSSR count). The molecule has 6 saturated carbocycles. The second-order valence-electron chi connectivity index (χ2n) is 37.5. The van der Waals surface area contributed by atoms with Crippen LogP contribution in [0.15, 0.2) is 103 Å². The zero-order chi connectivity index (χ0) is 84.8. The van der Waals surface area contributed by atoms with Crippen LogP contribution in [0.1, 0.15) is 279 Å². The van der Waals surface area contributed by atoms with E-state index in [-0.39, 0.29) is 83.4 Å². The highest BCUT2D eigenvalue weighted by Crippen LogP contribution is 2.52. The molecule has 3 amide bonds. The van der Waals surface area contributed by atoms with Crippen LogP contribution >= 0.6 is 0 Å². The van der Waals surface area contributed by atoms with Crippen LogP contribution in [-0.4, -0.2) is 186 Å². The first kappa shape index (κ1) is 85.7. The Morgan fingerprint density at radius 1 is 0.328 bits per heavy atom. The van der Waals surface area contributed by atoms with Gasteiger partial charge in [0.1, 0.15) is 11.4 Å². The first-order valence-electron chi connectivity index (χ1n) is 45.6. The molecule has 0 radical (unpaired) electrons. The molecule has 30 nitrogen and oxygen atoms in total. The Labute approximate surface area is 709 Å². The second-order valence-corrected chi connectivity index (χ2v) is 37.5. The number of piperidine rings is 6. The molecule has 9 N–H and O–H groups in total. The lowest BCUT2D eigenvalue weighted by atomic mass is 9.68. The quantitative estimate of drug-likeness (QED) is 0.0229. The maximum absolute atomic E-state index is 14.3. The molecule has 0 spiro atoms. The topological polar surface area (TPSA) is 420 Å². The Morgan fingerprint density at radius 2 is 0.615 bits per heavy atom. The number of rotatable bonds is 25. The number of carbonyl (C=O) groups is 6. The number of aromatic nitrogens is 6. The van der Waals surface area contributed by atoms with Gasteiger partial charge in [-0.3, -0.25) is 53.1 Å². The zero-order valence-electron chi connectivity index (χ0n) is 70.2. The van der Waals surface area contributed by atoms with Crippen molar-refractivity contribution in [1.29, 1.82) is 0 Å². The van der Waals surface area contributed by atoms with Gasteiger partial charge in [-0.2, -0.15) is 0 Å². The highest BCUT2D eigenvalue weighted by atomic mass is 16.6. The molecule has 6 aromatic rings. The van der Waals surface area contributed by atoms with Gasteiger partial charge >= 0.3 is 17.9 Å². The molecule has 30 heteroatoms. The molecule has 12 fully saturated rings. The number of amides is 3. The van der Waals surface area contributed by atoms with E-state index in [2.05, 4.69) is 45.1 Å². The number of oxime groups is 3. The molecule has 12 bridgehead atoms. The minimum absolute atomic E-state index is 0.00818. The maximum Gasteiger partial charge on any atom is 0.344 e. The molecular weight excluding hydrogens is 1560 g/mol. The van der Waals surface area contributed by atoms with Gasteiger partial charge < -0.3 is 60.7 Å². The van der Waals surface area contributed by atoms with Crippen molar-refractivity contribution in [3.8, 4) is 0 Å². The van der Waals surface area contributed by atoms with E-state index < -0.39 is 66.7 Å². The minimum atomic E-state index is -1.26. The van der Waals surface area contributed by atoms with Crippen molar-refractivity contribution >= 4 is 85.9 Å². The molecule has 6 aliphatic heterocycles. The predicted octanol–water partition coefficient (Wildman–Crippen LogP) is 11.6. The van der Waals surface area contributed by atoms with Gasteiger partial charge in [0.05, 0.1) is 45.9 Å². The van der Waals surface area contributed by atoms with Crippen LogP contribution in [0, 0.1) is 35.5 Å². The number of carboxylic acid groups (broad SMARTS) is 3. The summed E-state index contributed by atoms with van der Waals surface area (Å²) in [5, 5.41) is 39.2. The van der Waals surface area contributed by atoms with Crippen LogP contribution in [0.25, 0.3) is 33.1 Å². The lowest BCUT2D eigenvalue weighted by Gasteiger charge is -2.55. The first-order chi connectivity index (χ1) is 59.1. The highest BCUT2D eigenvalue weighted by molar-refractivity contribution is 6.44. The Bertz CT molecular complexity index is 5060. The fraction of sp³-hybridized carbons (Fsp3) is 0.641. The number of para-hydroxylation sites is 6. The molecule has 12 atom stereocenters. The van der Waals surface area contributed by atoms with Gasteiger partial charge in [0.15, 0.2) is 36.0 Å². The number of nitrogens with zero attached hydrogens (tertiary/aromatic N) is 12. The summed E-state index contributed by atoms with van der Waals surface area (Å²) in [4.78, 5) is 148. The van der Waals surface area contributed by atoms with Gasteiger partial charge in [0.2, 0.25) is 6.61 Å². The third kappa shape index (κ3) is 19.4. The van der Waals surface area contributed by atoms with Crippen LogP contribution in [0.4, 0.5) is 0 Å². The monoisotopic (exact) mass is 1680 g/mol. The van der Waals surface area contributed by atoms with Crippen molar-refractivity contribution in [2.45, 2.75) is 316 Å². The van der Waals surface area contributed by atoms with Crippen molar-refractivity contribution in [3.63, 3.8) is 0 Å². The van der Waals surface area contributed by atoms with E-state index in [1.807, 2.05) is 75.9 Å². The highest BCUT2D eigenvalue weighted by Gasteiger charge is 2.50. The molecule has 12 aliphatic rings. The number of hydrogen-bond acceptors (Lipinski definition) is 21. The summed E-state index contributed by atoms with van der Waals surface area (Å²) in [7, 11) is 0. The van der Waals surface area contributed by atoms with E-state index >= 15 is 0 Å². The van der Waals surface area contributed by atoms with Crippen LogP contribution in [0.2, 0.25) is 0 Å². The van der Waals surface area contributed by atoms with Crippen LogP contribution in [0.5, 0.6) is 0 Å². The summed E-state index contributed by atoms with van der Waals surface area (Å²) in [5.41, 5.74) is 18.7. The molecule has 3 aromatic heterocycles. The van der Waals surface area contributed by atoms with Gasteiger partial charge in [-0.05, 0) is 207 Å². The SMILES string of the molecule is NC(=O)/C(=N\OCC(=O)O)c1nc2ccccc2n(C2CC3CCCC(C2)N3C2CC3CCCC(C3)C2)c1=O.NC(=O)CO/N=C(\CCC(=O)O)c1nc2ccccc2n(C2CC3CCCC(C2)N3C2CC3CCCC(C3)C2)c1=O.NC(=O)CO/N=C(\CCC(=O)O)c1nc2ccccc2n(C2CC3CCCC(C2)N3C2CC3CCCCC(C3)C2)c1=O. The standard InChI is InChI=1S/C32H43N5O5.C31H41N5O5.C29H37N5O5/c33-29(38)19-42-35-27(12-13-30(39)40)31-32(41)37(28-11-4-3-10-26(28)34-31)25-17-22-8-5-9-23(18-25)36(22)24-15-20-6-1-2-7-21(14-20)16-24;32-28(37)18-41-34-26(11-12-29(38)39)30-31(40)36(27-10-2-1-9-25(27)33-30)24-16-21-7-4-8-22(17-24)35(21)23-14-19-5-3-6-20(13-19)15-23;30-28(37)26(32-39-16-25(35)36)27-29(38)34(24-10-2-1-9-23(24)31-27)22-14-19-7-4-8-20(15-22)33(19)21-12-17-5-3-6-18(11-17)13-21/h3-4,10-11,20-25H,1-2,5-9,12-19H2,(H2,33,38)(H,39,40);1-2,9-10,19-24H,3-8,11-18H2,(H2,32,37)(H,38,39);1-2,9-10,17-22H,3-8,11-16H2,(H2,30,37)(H,35,36)/b35-27+;34-26+;32-26-. The molecule has 12 unspecified atom stereocenters. The number of benzene rings is 3. The van der Waals surface area contributed by atoms with Gasteiger partial charge in [0, 0.05) is 85.3 Å². The fourth-order valence-corrected chi connectivity index (χ4v) is 25.2. The summed E-state index contributed by atoms with van der Waals surface area (Å²) in [6.07, 6.45) is 41.4. The Morgan fingerprint density at radius 3 is 0.918 bits per heavy atom. The number of fused-ring (bicyclic) bond motifs is 15. The maximum atomic E-state index is 14.3. The third-order valence-corrected chi connectivity index (χ3v) is 29.6. The Hall–Kier alpha value is -9.81. The summed E-state index contributed by atoms with van der Waals surface area (Å²) in [6, 6.07) is 27.2. The molecule has 6 saturated heterocycles. The van der Waals surface area contributed by atoms with Crippen molar-refractivity contribution < 1.29 is 58.6 Å². The van der Waals surface area contributed by atoms with Gasteiger partial charge in [-0.1, -0.05) is 135 Å². The third-order valence-electron chi connectivity index (χ3n) is 29.6. The number of primary amides is 3. The average molecular weight is 1680 g/mol. The molecule has 9 heterocycles. The number of aliphatic carboxylic acids is 3. The fourth-order valence-electron chi connectivity index (χ4n) is 25.2. The van der Waals surface area contributed by atoms with Crippen LogP contribution < -0.4 is 33.9 Å². The number of hydrogen-bond donors (Lipinski definition) is 6. The van der Waals surface area contributed by atoms with Crippen molar-refractivity contribution in [2.24, 2.45) is 68.2 Å². The molecule has 6 aliphatic carbocycles. The van der Waals surface area contributed by atoms with E-state index in [9.17, 15) is 53.4 Å². The van der Waals surface area contributed by atoms with Crippen molar-refractivity contribution in [3.05, 3.63) is 121 Å². The van der Waals surface area contributed by atoms with Crippen LogP contribution in [0.3, 0.4) is 0 Å². The lowest BCUT2D eigenvalue weighted by Crippen LogP contribution is -2.58. The zero-order valence-corrected chi connectivity index (χ0v) is 70.2. The molecular formula is C92H121N15O15. The van der Waals surface area contributed by atoms with Crippen molar-refractivity contribution in [2.75, 3.05) is 19.8 Å². The first-order valence-corrected chi connectivity index (χ1v) is 45.6. The number of nitrogens with two attached hydrogens (primary N) is 3. The van der Waals surface area contributed by atoms with Gasteiger partial charge in [-0.15, -0.1) is 0 Å². The van der Waals surface area contributed by atoms with E-state index in [1.165, 1.54) is 141 Å². The van der Waals surface area contributed by atoms with Crippen molar-refractivity contribution in [1.82, 2.24) is 43.4 Å². The number of carbonyl (C=O) groups excluding carboxylic acids is 3. The number of carboxylic acids is 3. The lowest BCUT2D eigenvalue weighted by molar-refractivity contribution is -0.142. The van der Waals surface area contributed by atoms with E-state index in [1.54, 1.807) is 10.6 Å². The minimum Gasteiger partial charge on any atom is -0.481 e.